The summed E-state index contributed by atoms with van der Waals surface area (Å²) in [5.41, 5.74) is 2.75. The van der Waals surface area contributed by atoms with E-state index in [1.54, 1.807) is 26.0 Å². The van der Waals surface area contributed by atoms with E-state index >= 15 is 0 Å². The van der Waals surface area contributed by atoms with E-state index in [2.05, 4.69) is 15.6 Å². The summed E-state index contributed by atoms with van der Waals surface area (Å²) >= 11 is 6.16. The summed E-state index contributed by atoms with van der Waals surface area (Å²) in [4.78, 5) is 17.7. The molecule has 0 radical (unpaired) electrons. The number of carbonyl (C=O) groups excluding carboxylic acids is 1. The summed E-state index contributed by atoms with van der Waals surface area (Å²) in [7, 11) is 5.21. The van der Waals surface area contributed by atoms with E-state index in [-0.39, 0.29) is 5.91 Å². The minimum absolute atomic E-state index is 0.00303. The highest BCUT2D eigenvalue weighted by atomic mass is 35.5. The number of rotatable bonds is 5. The third-order valence-electron chi connectivity index (χ3n) is 3.69. The molecule has 0 heterocycles. The summed E-state index contributed by atoms with van der Waals surface area (Å²) in [6, 6.07) is 15.2. The fourth-order valence-electron chi connectivity index (χ4n) is 2.25. The molecule has 0 aromatic heterocycles. The molecule has 0 spiro atoms. The van der Waals surface area contributed by atoms with Crippen LogP contribution in [0.25, 0.3) is 0 Å². The van der Waals surface area contributed by atoms with Crippen LogP contribution < -0.4 is 10.6 Å². The molecule has 25 heavy (non-hydrogen) atoms. The van der Waals surface area contributed by atoms with E-state index in [1.165, 1.54) is 0 Å². The maximum Gasteiger partial charge on any atom is 0.253 e. The van der Waals surface area contributed by atoms with Crippen LogP contribution in [-0.4, -0.2) is 37.9 Å². The second-order valence-corrected chi connectivity index (χ2v) is 6.17. The molecule has 0 saturated heterocycles. The molecule has 0 bridgehead atoms. The van der Waals surface area contributed by atoms with E-state index in [9.17, 15) is 4.79 Å². The Morgan fingerprint density at radius 3 is 2.28 bits per heavy atom. The van der Waals surface area contributed by atoms with Crippen LogP contribution in [0.15, 0.2) is 53.5 Å². The Kier molecular flexibility index (Phi) is 6.83. The number of hydrogen-bond donors (Lipinski definition) is 2. The summed E-state index contributed by atoms with van der Waals surface area (Å²) in [6.07, 6.45) is 0. The van der Waals surface area contributed by atoms with Gasteiger partial charge in [-0.05, 0) is 29.3 Å². The van der Waals surface area contributed by atoms with Crippen LogP contribution in [0, 0.1) is 0 Å². The molecule has 0 aliphatic carbocycles. The Labute approximate surface area is 153 Å². The first-order valence-electron chi connectivity index (χ1n) is 7.99. The van der Waals surface area contributed by atoms with Crippen LogP contribution in [0.3, 0.4) is 0 Å². The topological polar surface area (TPSA) is 56.7 Å². The van der Waals surface area contributed by atoms with Gasteiger partial charge in [-0.25, -0.2) is 0 Å². The zero-order valence-corrected chi connectivity index (χ0v) is 15.5. The molecule has 0 aliphatic heterocycles. The number of nitrogens with zero attached hydrogens (tertiary/aromatic N) is 2. The van der Waals surface area contributed by atoms with Crippen LogP contribution in [0.2, 0.25) is 5.02 Å². The van der Waals surface area contributed by atoms with Crippen molar-refractivity contribution in [2.75, 3.05) is 21.1 Å². The zero-order valence-electron chi connectivity index (χ0n) is 14.7. The molecular weight excluding hydrogens is 336 g/mol. The summed E-state index contributed by atoms with van der Waals surface area (Å²) in [6.45, 7) is 1.20. The predicted octanol–water partition coefficient (Wildman–Crippen LogP) is 2.91. The molecule has 0 unspecified atom stereocenters. The SMILES string of the molecule is CN=C(NCc1ccc(C(=O)N(C)C)cc1)NCc1ccccc1Cl. The van der Waals surface area contributed by atoms with Gasteiger partial charge >= 0.3 is 0 Å². The quantitative estimate of drug-likeness (QED) is 0.638. The van der Waals surface area contributed by atoms with Crippen molar-refractivity contribution in [1.29, 1.82) is 0 Å². The zero-order chi connectivity index (χ0) is 18.2. The van der Waals surface area contributed by atoms with Gasteiger partial charge in [0, 0.05) is 44.8 Å². The van der Waals surface area contributed by atoms with Crippen molar-refractivity contribution >= 4 is 23.5 Å². The van der Waals surface area contributed by atoms with Crippen molar-refractivity contribution in [3.05, 3.63) is 70.2 Å². The van der Waals surface area contributed by atoms with E-state index in [0.29, 0.717) is 24.6 Å². The van der Waals surface area contributed by atoms with E-state index in [4.69, 9.17) is 11.6 Å². The smallest absolute Gasteiger partial charge is 0.253 e. The number of amides is 1. The number of aliphatic imine (C=N–C) groups is 1. The van der Waals surface area contributed by atoms with Crippen molar-refractivity contribution < 1.29 is 4.79 Å². The fraction of sp³-hybridized carbons (Fsp3) is 0.263. The minimum atomic E-state index is -0.00303. The van der Waals surface area contributed by atoms with Crippen molar-refractivity contribution in [2.45, 2.75) is 13.1 Å². The van der Waals surface area contributed by atoms with Crippen LogP contribution in [0.1, 0.15) is 21.5 Å². The Morgan fingerprint density at radius 1 is 1.04 bits per heavy atom. The molecule has 0 fully saturated rings. The lowest BCUT2D eigenvalue weighted by molar-refractivity contribution is 0.0827. The maximum atomic E-state index is 11.9. The van der Waals surface area contributed by atoms with Crippen molar-refractivity contribution in [3.63, 3.8) is 0 Å². The lowest BCUT2D eigenvalue weighted by Crippen LogP contribution is -2.36. The number of hydrogen-bond acceptors (Lipinski definition) is 2. The second-order valence-electron chi connectivity index (χ2n) is 5.77. The monoisotopic (exact) mass is 358 g/mol. The highest BCUT2D eigenvalue weighted by molar-refractivity contribution is 6.31. The standard InChI is InChI=1S/C19H23ClN4O/c1-21-19(23-13-16-6-4-5-7-17(16)20)22-12-14-8-10-15(11-9-14)18(25)24(2)3/h4-11H,12-13H2,1-3H3,(H2,21,22,23). The molecule has 2 aromatic carbocycles. The first-order chi connectivity index (χ1) is 12.0. The largest absolute Gasteiger partial charge is 0.352 e. The molecule has 5 nitrogen and oxygen atoms in total. The molecule has 2 rings (SSSR count). The van der Waals surface area contributed by atoms with Gasteiger partial charge in [0.1, 0.15) is 0 Å². The first-order valence-corrected chi connectivity index (χ1v) is 8.37. The summed E-state index contributed by atoms with van der Waals surface area (Å²) in [5.74, 6) is 0.685. The normalized spacial score (nSPS) is 11.1. The second kappa shape index (κ2) is 9.08. The predicted molar refractivity (Wildman–Crippen MR) is 103 cm³/mol. The van der Waals surface area contributed by atoms with Gasteiger partial charge in [-0.1, -0.05) is 41.9 Å². The van der Waals surface area contributed by atoms with Gasteiger partial charge in [-0.3, -0.25) is 9.79 Å². The third-order valence-corrected chi connectivity index (χ3v) is 4.06. The van der Waals surface area contributed by atoms with Crippen LogP contribution in [-0.2, 0) is 13.1 Å². The van der Waals surface area contributed by atoms with Crippen LogP contribution >= 0.6 is 11.6 Å². The van der Waals surface area contributed by atoms with Gasteiger partial charge in [-0.2, -0.15) is 0 Å². The molecular formula is C19H23ClN4O. The third kappa shape index (κ3) is 5.50. The maximum absolute atomic E-state index is 11.9. The van der Waals surface area contributed by atoms with Gasteiger partial charge < -0.3 is 15.5 Å². The molecule has 2 aromatic rings. The Balaban J connectivity index is 1.88. The molecule has 132 valence electrons. The summed E-state index contributed by atoms with van der Waals surface area (Å²) < 4.78 is 0. The van der Waals surface area contributed by atoms with Crippen molar-refractivity contribution in [2.24, 2.45) is 4.99 Å². The Hall–Kier alpha value is -2.53. The highest BCUT2D eigenvalue weighted by Crippen LogP contribution is 2.14. The van der Waals surface area contributed by atoms with Crippen LogP contribution in [0.5, 0.6) is 0 Å². The van der Waals surface area contributed by atoms with Crippen molar-refractivity contribution in [1.82, 2.24) is 15.5 Å². The lowest BCUT2D eigenvalue weighted by atomic mass is 10.1. The number of halogens is 1. The fourth-order valence-corrected chi connectivity index (χ4v) is 2.45. The minimum Gasteiger partial charge on any atom is -0.352 e. The van der Waals surface area contributed by atoms with E-state index in [0.717, 1.165) is 16.1 Å². The molecule has 0 saturated carbocycles. The van der Waals surface area contributed by atoms with Gasteiger partial charge in [0.05, 0.1) is 0 Å². The number of nitrogens with one attached hydrogen (secondary N) is 2. The van der Waals surface area contributed by atoms with Gasteiger partial charge in [0.15, 0.2) is 5.96 Å². The molecule has 0 aliphatic rings. The molecule has 2 N–H and O–H groups in total. The molecule has 6 heteroatoms. The van der Waals surface area contributed by atoms with Gasteiger partial charge in [0.25, 0.3) is 5.91 Å². The molecule has 1 amide bonds. The lowest BCUT2D eigenvalue weighted by Gasteiger charge is -2.13. The van der Waals surface area contributed by atoms with Crippen LogP contribution in [0.4, 0.5) is 0 Å². The first kappa shape index (κ1) is 18.8. The number of carbonyl (C=O) groups is 1. The van der Waals surface area contributed by atoms with Crippen molar-refractivity contribution in [3.8, 4) is 0 Å². The Bertz CT molecular complexity index is 741. The highest BCUT2D eigenvalue weighted by Gasteiger charge is 2.07. The Morgan fingerprint density at radius 2 is 1.68 bits per heavy atom. The van der Waals surface area contributed by atoms with Gasteiger partial charge in [-0.15, -0.1) is 0 Å². The average molecular weight is 359 g/mol. The van der Waals surface area contributed by atoms with Gasteiger partial charge in [0.2, 0.25) is 0 Å². The molecule has 0 atom stereocenters. The van der Waals surface area contributed by atoms with E-state index in [1.807, 2.05) is 48.5 Å². The van der Waals surface area contributed by atoms with E-state index < -0.39 is 0 Å². The average Bonchev–Trinajstić information content (AvgIpc) is 2.63. The number of guanidine groups is 1. The summed E-state index contributed by atoms with van der Waals surface area (Å²) in [5, 5.41) is 7.21. The number of benzene rings is 2.